The summed E-state index contributed by atoms with van der Waals surface area (Å²) in [6, 6.07) is 7.31. The summed E-state index contributed by atoms with van der Waals surface area (Å²) in [4.78, 5) is 20.6. The van der Waals surface area contributed by atoms with Gasteiger partial charge in [-0.3, -0.25) is 4.98 Å². The standard InChI is InChI=1S/C16H19N3O2/c1-11(2)21-16(20)13-7-5-9-18-15(13)19-10-14-12(3)6-4-8-17-14/h4-9,11H,10H2,1-3H3,(H,18,19). The molecule has 2 heterocycles. The third kappa shape index (κ3) is 4.02. The van der Waals surface area contributed by atoms with Crippen LogP contribution in [0.3, 0.4) is 0 Å². The fourth-order valence-corrected chi connectivity index (χ4v) is 1.86. The molecule has 2 aromatic heterocycles. The lowest BCUT2D eigenvalue weighted by Gasteiger charge is -2.12. The summed E-state index contributed by atoms with van der Waals surface area (Å²) >= 11 is 0. The fourth-order valence-electron chi connectivity index (χ4n) is 1.86. The molecule has 0 aromatic carbocycles. The van der Waals surface area contributed by atoms with Gasteiger partial charge in [0.15, 0.2) is 0 Å². The Morgan fingerprint density at radius 3 is 2.67 bits per heavy atom. The van der Waals surface area contributed by atoms with Gasteiger partial charge in [0.25, 0.3) is 0 Å². The molecule has 2 aromatic rings. The van der Waals surface area contributed by atoms with Crippen molar-refractivity contribution in [3.63, 3.8) is 0 Å². The quantitative estimate of drug-likeness (QED) is 0.856. The molecule has 0 amide bonds. The van der Waals surface area contributed by atoms with Crippen molar-refractivity contribution in [3.8, 4) is 0 Å². The Morgan fingerprint density at radius 1 is 1.24 bits per heavy atom. The van der Waals surface area contributed by atoms with Gasteiger partial charge in [0.2, 0.25) is 0 Å². The average molecular weight is 285 g/mol. The number of pyridine rings is 2. The van der Waals surface area contributed by atoms with E-state index in [2.05, 4.69) is 15.3 Å². The molecule has 0 atom stereocenters. The smallest absolute Gasteiger partial charge is 0.342 e. The van der Waals surface area contributed by atoms with Crippen molar-refractivity contribution in [2.45, 2.75) is 33.4 Å². The molecule has 1 N–H and O–H groups in total. The zero-order chi connectivity index (χ0) is 15.2. The number of carbonyl (C=O) groups excluding carboxylic acids is 1. The molecule has 0 spiro atoms. The van der Waals surface area contributed by atoms with E-state index in [1.54, 1.807) is 24.5 Å². The summed E-state index contributed by atoms with van der Waals surface area (Å²) < 4.78 is 5.22. The molecule has 110 valence electrons. The summed E-state index contributed by atoms with van der Waals surface area (Å²) in [6.45, 7) is 6.14. The molecule has 0 saturated carbocycles. The molecule has 0 bridgehead atoms. The number of esters is 1. The van der Waals surface area contributed by atoms with Crippen molar-refractivity contribution in [2.24, 2.45) is 0 Å². The minimum Gasteiger partial charge on any atom is -0.459 e. The van der Waals surface area contributed by atoms with E-state index < -0.39 is 0 Å². The van der Waals surface area contributed by atoms with Crippen molar-refractivity contribution < 1.29 is 9.53 Å². The van der Waals surface area contributed by atoms with Crippen molar-refractivity contribution >= 4 is 11.8 Å². The normalized spacial score (nSPS) is 10.5. The van der Waals surface area contributed by atoms with Crippen LogP contribution in [0.2, 0.25) is 0 Å². The lowest BCUT2D eigenvalue weighted by molar-refractivity contribution is 0.0378. The highest BCUT2D eigenvalue weighted by Crippen LogP contribution is 2.15. The lowest BCUT2D eigenvalue weighted by atomic mass is 10.2. The van der Waals surface area contributed by atoms with E-state index in [0.29, 0.717) is 17.9 Å². The second-order valence-electron chi connectivity index (χ2n) is 4.97. The number of aromatic nitrogens is 2. The number of nitrogens with one attached hydrogen (secondary N) is 1. The molecular weight excluding hydrogens is 266 g/mol. The number of carbonyl (C=O) groups is 1. The van der Waals surface area contributed by atoms with E-state index in [4.69, 9.17) is 4.74 Å². The minimum atomic E-state index is -0.377. The van der Waals surface area contributed by atoms with Gasteiger partial charge in [-0.05, 0) is 44.5 Å². The van der Waals surface area contributed by atoms with E-state index in [1.165, 1.54) is 0 Å². The van der Waals surface area contributed by atoms with Crippen LogP contribution < -0.4 is 5.32 Å². The molecule has 0 saturated heterocycles. The van der Waals surface area contributed by atoms with Crippen LogP contribution in [0.5, 0.6) is 0 Å². The van der Waals surface area contributed by atoms with E-state index in [0.717, 1.165) is 11.3 Å². The molecule has 5 heteroatoms. The topological polar surface area (TPSA) is 64.1 Å². The molecule has 0 unspecified atom stereocenters. The van der Waals surface area contributed by atoms with E-state index in [1.807, 2.05) is 32.9 Å². The maximum absolute atomic E-state index is 12.0. The van der Waals surface area contributed by atoms with Gasteiger partial charge in [0.1, 0.15) is 11.4 Å². The second kappa shape index (κ2) is 6.83. The third-order valence-corrected chi connectivity index (χ3v) is 2.91. The maximum Gasteiger partial charge on any atom is 0.342 e. The highest BCUT2D eigenvalue weighted by molar-refractivity contribution is 5.94. The summed E-state index contributed by atoms with van der Waals surface area (Å²) in [6.07, 6.45) is 3.22. The third-order valence-electron chi connectivity index (χ3n) is 2.91. The number of anilines is 1. The highest BCUT2D eigenvalue weighted by atomic mass is 16.5. The fraction of sp³-hybridized carbons (Fsp3) is 0.312. The first-order valence-corrected chi connectivity index (χ1v) is 6.88. The summed E-state index contributed by atoms with van der Waals surface area (Å²) in [5.41, 5.74) is 2.44. The average Bonchev–Trinajstić information content (AvgIpc) is 2.46. The van der Waals surface area contributed by atoms with Crippen molar-refractivity contribution in [1.82, 2.24) is 9.97 Å². The zero-order valence-corrected chi connectivity index (χ0v) is 12.5. The molecule has 0 aliphatic rings. The number of rotatable bonds is 5. The predicted octanol–water partition coefficient (Wildman–Crippen LogP) is 2.96. The van der Waals surface area contributed by atoms with Gasteiger partial charge in [-0.15, -0.1) is 0 Å². The van der Waals surface area contributed by atoms with Crippen LogP contribution in [-0.4, -0.2) is 22.0 Å². The van der Waals surface area contributed by atoms with Crippen LogP contribution in [0.15, 0.2) is 36.7 Å². The monoisotopic (exact) mass is 285 g/mol. The Morgan fingerprint density at radius 2 is 1.95 bits per heavy atom. The predicted molar refractivity (Wildman–Crippen MR) is 81.1 cm³/mol. The second-order valence-corrected chi connectivity index (χ2v) is 4.97. The SMILES string of the molecule is Cc1cccnc1CNc1ncccc1C(=O)OC(C)C. The maximum atomic E-state index is 12.0. The first-order chi connectivity index (χ1) is 10.1. The Hall–Kier alpha value is -2.43. The highest BCUT2D eigenvalue weighted by Gasteiger charge is 2.15. The van der Waals surface area contributed by atoms with Gasteiger partial charge in [0, 0.05) is 12.4 Å². The van der Waals surface area contributed by atoms with Gasteiger partial charge in [-0.25, -0.2) is 9.78 Å². The molecule has 5 nitrogen and oxygen atoms in total. The van der Waals surface area contributed by atoms with Crippen molar-refractivity contribution in [3.05, 3.63) is 53.5 Å². The largest absolute Gasteiger partial charge is 0.459 e. The van der Waals surface area contributed by atoms with Gasteiger partial charge in [-0.1, -0.05) is 6.07 Å². The lowest BCUT2D eigenvalue weighted by Crippen LogP contribution is -2.15. The number of aryl methyl sites for hydroxylation is 1. The summed E-state index contributed by atoms with van der Waals surface area (Å²) in [5.74, 6) is 0.131. The first kappa shape index (κ1) is 15.0. The number of hydrogen-bond donors (Lipinski definition) is 1. The first-order valence-electron chi connectivity index (χ1n) is 6.88. The molecular formula is C16H19N3O2. The Labute approximate surface area is 124 Å². The molecule has 0 aliphatic heterocycles. The van der Waals surface area contributed by atoms with Crippen molar-refractivity contribution in [1.29, 1.82) is 0 Å². The molecule has 0 fully saturated rings. The summed E-state index contributed by atoms with van der Waals surface area (Å²) in [5, 5.41) is 3.15. The van der Waals surface area contributed by atoms with Crippen LogP contribution in [0.25, 0.3) is 0 Å². The number of ether oxygens (including phenoxy) is 1. The van der Waals surface area contributed by atoms with Crippen LogP contribution >= 0.6 is 0 Å². The van der Waals surface area contributed by atoms with Gasteiger partial charge >= 0.3 is 5.97 Å². The molecule has 0 radical (unpaired) electrons. The minimum absolute atomic E-state index is 0.163. The molecule has 2 rings (SSSR count). The van der Waals surface area contributed by atoms with Crippen molar-refractivity contribution in [2.75, 3.05) is 5.32 Å². The van der Waals surface area contributed by atoms with Crippen LogP contribution in [0.4, 0.5) is 5.82 Å². The van der Waals surface area contributed by atoms with Gasteiger partial charge in [-0.2, -0.15) is 0 Å². The molecule has 21 heavy (non-hydrogen) atoms. The Balaban J connectivity index is 2.14. The van der Waals surface area contributed by atoms with Crippen LogP contribution in [-0.2, 0) is 11.3 Å². The van der Waals surface area contributed by atoms with Crippen LogP contribution in [0.1, 0.15) is 35.5 Å². The van der Waals surface area contributed by atoms with E-state index >= 15 is 0 Å². The number of hydrogen-bond acceptors (Lipinski definition) is 5. The Kier molecular flexibility index (Phi) is 4.87. The zero-order valence-electron chi connectivity index (χ0n) is 12.5. The van der Waals surface area contributed by atoms with Gasteiger partial charge < -0.3 is 10.1 Å². The van der Waals surface area contributed by atoms with E-state index in [9.17, 15) is 4.79 Å². The summed E-state index contributed by atoms with van der Waals surface area (Å²) in [7, 11) is 0. The van der Waals surface area contributed by atoms with E-state index in [-0.39, 0.29) is 12.1 Å². The Bertz CT molecular complexity index is 626. The van der Waals surface area contributed by atoms with Crippen LogP contribution in [0, 0.1) is 6.92 Å². The number of nitrogens with zero attached hydrogens (tertiary/aromatic N) is 2. The molecule has 0 aliphatic carbocycles. The van der Waals surface area contributed by atoms with Gasteiger partial charge in [0.05, 0.1) is 18.3 Å².